The topological polar surface area (TPSA) is 56.6 Å². The highest BCUT2D eigenvalue weighted by Crippen LogP contribution is 2.31. The van der Waals surface area contributed by atoms with Crippen LogP contribution in [0.15, 0.2) is 12.4 Å². The van der Waals surface area contributed by atoms with E-state index in [1.54, 1.807) is 0 Å². The van der Waals surface area contributed by atoms with E-state index in [-0.39, 0.29) is 18.6 Å². The van der Waals surface area contributed by atoms with Crippen molar-refractivity contribution >= 4 is 5.91 Å². The van der Waals surface area contributed by atoms with Crippen LogP contribution in [-0.2, 0) is 20.8 Å². The normalized spacial score (nSPS) is 24.8. The Morgan fingerprint density at radius 1 is 1.19 bits per heavy atom. The lowest BCUT2D eigenvalue weighted by atomic mass is 9.85. The van der Waals surface area contributed by atoms with Gasteiger partial charge >= 0.3 is 0 Å². The molecule has 1 aliphatic carbocycles. The van der Waals surface area contributed by atoms with Crippen LogP contribution in [0.1, 0.15) is 56.7 Å². The summed E-state index contributed by atoms with van der Waals surface area (Å²) in [4.78, 5) is 18.9. The summed E-state index contributed by atoms with van der Waals surface area (Å²) in [5, 5.41) is 0. The van der Waals surface area contributed by atoms with Crippen LogP contribution in [0.3, 0.4) is 0 Å². The summed E-state index contributed by atoms with van der Waals surface area (Å²) in [5.74, 6) is 2.64. The molecule has 3 aliphatic rings. The fraction of sp³-hybridized carbons (Fsp3) is 0.800. The molecular formula is C20H31N3O3. The average molecular weight is 361 g/mol. The Kier molecular flexibility index (Phi) is 5.90. The van der Waals surface area contributed by atoms with Gasteiger partial charge in [0.15, 0.2) is 0 Å². The van der Waals surface area contributed by atoms with Crippen LogP contribution in [0.2, 0.25) is 0 Å². The zero-order chi connectivity index (χ0) is 17.8. The molecule has 1 saturated carbocycles. The van der Waals surface area contributed by atoms with Crippen molar-refractivity contribution in [2.75, 3.05) is 32.9 Å². The molecule has 0 aromatic carbocycles. The first-order valence-corrected chi connectivity index (χ1v) is 10.3. The monoisotopic (exact) mass is 361 g/mol. The Labute approximate surface area is 155 Å². The molecule has 144 valence electrons. The number of rotatable bonds is 7. The number of hydrogen-bond acceptors (Lipinski definition) is 4. The van der Waals surface area contributed by atoms with Gasteiger partial charge in [-0.25, -0.2) is 4.98 Å². The highest BCUT2D eigenvalue weighted by atomic mass is 16.5. The molecule has 2 aliphatic heterocycles. The molecule has 4 rings (SSSR count). The number of carbonyl (C=O) groups excluding carboxylic acids is 1. The largest absolute Gasteiger partial charge is 0.376 e. The summed E-state index contributed by atoms with van der Waals surface area (Å²) < 4.78 is 13.5. The van der Waals surface area contributed by atoms with Gasteiger partial charge in [0.05, 0.1) is 12.7 Å². The number of nitrogens with zero attached hydrogens (tertiary/aromatic N) is 3. The number of imidazole rings is 1. The summed E-state index contributed by atoms with van der Waals surface area (Å²) in [6, 6.07) is 0. The highest BCUT2D eigenvalue weighted by Gasteiger charge is 2.28. The van der Waals surface area contributed by atoms with E-state index in [1.807, 2.05) is 11.1 Å². The molecule has 3 heterocycles. The SMILES string of the molecule is O=C(COC[C@H]1CCCO1)N1CCC(c2nccn2CC2CCC2)CC1. The van der Waals surface area contributed by atoms with Gasteiger partial charge in [-0.1, -0.05) is 6.42 Å². The second kappa shape index (κ2) is 8.53. The molecule has 2 saturated heterocycles. The van der Waals surface area contributed by atoms with Crippen molar-refractivity contribution in [3.8, 4) is 0 Å². The maximum atomic E-state index is 12.4. The van der Waals surface area contributed by atoms with Crippen molar-refractivity contribution in [3.63, 3.8) is 0 Å². The highest BCUT2D eigenvalue weighted by molar-refractivity contribution is 5.77. The number of hydrogen-bond donors (Lipinski definition) is 0. The lowest BCUT2D eigenvalue weighted by Gasteiger charge is -2.33. The van der Waals surface area contributed by atoms with Gasteiger partial charge in [0.25, 0.3) is 0 Å². The van der Waals surface area contributed by atoms with E-state index < -0.39 is 0 Å². The molecule has 6 nitrogen and oxygen atoms in total. The predicted molar refractivity (Wildman–Crippen MR) is 97.9 cm³/mol. The molecule has 6 heteroatoms. The molecule has 1 atom stereocenters. The molecule has 0 radical (unpaired) electrons. The summed E-state index contributed by atoms with van der Waals surface area (Å²) in [7, 11) is 0. The minimum Gasteiger partial charge on any atom is -0.376 e. The Hall–Kier alpha value is -1.40. The zero-order valence-electron chi connectivity index (χ0n) is 15.6. The molecule has 1 aromatic rings. The standard InChI is InChI=1S/C20H31N3O3/c24-19(15-25-14-18-5-2-12-26-18)22-9-6-17(7-10-22)20-21-8-11-23(20)13-16-3-1-4-16/h8,11,16-18H,1-7,9-10,12-15H2/t18-/m1/s1. The van der Waals surface area contributed by atoms with Crippen LogP contribution in [0.25, 0.3) is 0 Å². The average Bonchev–Trinajstić information content (AvgIpc) is 3.30. The number of amides is 1. The predicted octanol–water partition coefficient (Wildman–Crippen LogP) is 2.58. The Morgan fingerprint density at radius 3 is 2.73 bits per heavy atom. The third-order valence-corrected chi connectivity index (χ3v) is 6.19. The van der Waals surface area contributed by atoms with Crippen LogP contribution in [0, 0.1) is 5.92 Å². The van der Waals surface area contributed by atoms with Crippen molar-refractivity contribution in [1.82, 2.24) is 14.5 Å². The smallest absolute Gasteiger partial charge is 0.248 e. The van der Waals surface area contributed by atoms with E-state index in [1.165, 1.54) is 25.1 Å². The fourth-order valence-electron chi connectivity index (χ4n) is 4.32. The van der Waals surface area contributed by atoms with E-state index in [9.17, 15) is 4.79 Å². The summed E-state index contributed by atoms with van der Waals surface area (Å²) in [6.45, 7) is 4.28. The minimum absolute atomic E-state index is 0.110. The number of ether oxygens (including phenoxy) is 2. The Balaban J connectivity index is 1.21. The minimum atomic E-state index is 0.110. The van der Waals surface area contributed by atoms with E-state index >= 15 is 0 Å². The van der Waals surface area contributed by atoms with E-state index in [0.29, 0.717) is 12.5 Å². The van der Waals surface area contributed by atoms with Gasteiger partial charge in [0.1, 0.15) is 12.4 Å². The second-order valence-corrected chi connectivity index (χ2v) is 8.04. The maximum absolute atomic E-state index is 12.4. The molecule has 0 N–H and O–H groups in total. The van der Waals surface area contributed by atoms with Gasteiger partial charge in [-0.2, -0.15) is 0 Å². The number of likely N-dealkylation sites (tertiary alicyclic amines) is 1. The third kappa shape index (κ3) is 4.29. The van der Waals surface area contributed by atoms with Crippen LogP contribution in [-0.4, -0.2) is 59.4 Å². The zero-order valence-corrected chi connectivity index (χ0v) is 15.6. The van der Waals surface area contributed by atoms with Crippen molar-refractivity contribution in [1.29, 1.82) is 0 Å². The van der Waals surface area contributed by atoms with Crippen LogP contribution in [0.4, 0.5) is 0 Å². The molecule has 0 spiro atoms. The lowest BCUT2D eigenvalue weighted by molar-refractivity contribution is -0.138. The first-order valence-electron chi connectivity index (χ1n) is 10.3. The first-order chi connectivity index (χ1) is 12.8. The quantitative estimate of drug-likeness (QED) is 0.749. The van der Waals surface area contributed by atoms with Crippen molar-refractivity contribution < 1.29 is 14.3 Å². The molecule has 0 bridgehead atoms. The number of aromatic nitrogens is 2. The van der Waals surface area contributed by atoms with Crippen LogP contribution < -0.4 is 0 Å². The van der Waals surface area contributed by atoms with Crippen molar-refractivity contribution in [3.05, 3.63) is 18.2 Å². The summed E-state index contributed by atoms with van der Waals surface area (Å²) in [5.41, 5.74) is 0. The summed E-state index contributed by atoms with van der Waals surface area (Å²) >= 11 is 0. The lowest BCUT2D eigenvalue weighted by Crippen LogP contribution is -2.40. The van der Waals surface area contributed by atoms with Crippen molar-refractivity contribution in [2.24, 2.45) is 5.92 Å². The molecule has 1 amide bonds. The molecule has 26 heavy (non-hydrogen) atoms. The molecule has 3 fully saturated rings. The van der Waals surface area contributed by atoms with Crippen LogP contribution >= 0.6 is 0 Å². The van der Waals surface area contributed by atoms with Gasteiger partial charge < -0.3 is 18.9 Å². The second-order valence-electron chi connectivity index (χ2n) is 8.04. The van der Waals surface area contributed by atoms with Gasteiger partial charge in [-0.15, -0.1) is 0 Å². The number of carbonyl (C=O) groups is 1. The third-order valence-electron chi connectivity index (χ3n) is 6.19. The summed E-state index contributed by atoms with van der Waals surface area (Å²) in [6.07, 6.45) is 12.5. The van der Waals surface area contributed by atoms with Crippen LogP contribution in [0.5, 0.6) is 0 Å². The number of piperidine rings is 1. The van der Waals surface area contributed by atoms with Crippen molar-refractivity contribution in [2.45, 2.75) is 63.5 Å². The molecule has 1 aromatic heterocycles. The Morgan fingerprint density at radius 2 is 2.04 bits per heavy atom. The fourth-order valence-corrected chi connectivity index (χ4v) is 4.32. The molecular weight excluding hydrogens is 330 g/mol. The molecule has 0 unspecified atom stereocenters. The van der Waals surface area contributed by atoms with Gasteiger partial charge in [-0.3, -0.25) is 4.79 Å². The maximum Gasteiger partial charge on any atom is 0.248 e. The van der Waals surface area contributed by atoms with E-state index in [4.69, 9.17) is 9.47 Å². The van der Waals surface area contributed by atoms with Gasteiger partial charge in [0, 0.05) is 44.6 Å². The van der Waals surface area contributed by atoms with E-state index in [0.717, 1.165) is 57.8 Å². The van der Waals surface area contributed by atoms with Gasteiger partial charge in [0.2, 0.25) is 5.91 Å². The van der Waals surface area contributed by atoms with Gasteiger partial charge in [-0.05, 0) is 44.4 Å². The first kappa shape index (κ1) is 18.0. The Bertz CT molecular complexity index is 585. The van der Waals surface area contributed by atoms with E-state index in [2.05, 4.69) is 15.7 Å².